The number of nitrogens with zero attached hydrogens (tertiary/aromatic N) is 4. The lowest BCUT2D eigenvalue weighted by Crippen LogP contribution is -2.37. The molecule has 1 unspecified atom stereocenters. The number of aliphatic hydroxyl groups excluding tert-OH is 1. The summed E-state index contributed by atoms with van der Waals surface area (Å²) < 4.78 is 4.39. The van der Waals surface area contributed by atoms with Gasteiger partial charge in [-0.1, -0.05) is 37.3 Å². The van der Waals surface area contributed by atoms with Gasteiger partial charge in [0.2, 0.25) is 5.95 Å². The van der Waals surface area contributed by atoms with Gasteiger partial charge < -0.3 is 10.4 Å². The fraction of sp³-hybridized carbons (Fsp3) is 0.476. The van der Waals surface area contributed by atoms with E-state index in [2.05, 4.69) is 17.2 Å². The van der Waals surface area contributed by atoms with Crippen molar-refractivity contribution in [1.82, 2.24) is 18.7 Å². The molecule has 0 saturated heterocycles. The second-order valence-corrected chi connectivity index (χ2v) is 7.35. The summed E-state index contributed by atoms with van der Waals surface area (Å²) in [7, 11) is 3.12. The van der Waals surface area contributed by atoms with Crippen molar-refractivity contribution < 1.29 is 5.11 Å². The van der Waals surface area contributed by atoms with Crippen LogP contribution >= 0.6 is 0 Å². The second-order valence-electron chi connectivity index (χ2n) is 7.35. The first kappa shape index (κ1) is 20.9. The number of anilines is 1. The third-order valence-corrected chi connectivity index (χ3v) is 5.32. The van der Waals surface area contributed by atoms with Crippen LogP contribution < -0.4 is 16.6 Å². The van der Waals surface area contributed by atoms with Gasteiger partial charge in [-0.25, -0.2) is 4.79 Å². The molecule has 0 bridgehead atoms. The minimum absolute atomic E-state index is 0.161. The normalized spacial score (nSPS) is 12.4. The fourth-order valence-electron chi connectivity index (χ4n) is 3.54. The van der Waals surface area contributed by atoms with E-state index in [0.29, 0.717) is 23.7 Å². The van der Waals surface area contributed by atoms with Crippen molar-refractivity contribution in [1.29, 1.82) is 0 Å². The zero-order valence-electron chi connectivity index (χ0n) is 17.3. The molecule has 0 amide bonds. The zero-order valence-corrected chi connectivity index (χ0v) is 17.3. The maximum absolute atomic E-state index is 12.9. The highest BCUT2D eigenvalue weighted by Gasteiger charge is 2.20. The number of imidazole rings is 1. The molecular weight excluding hydrogens is 370 g/mol. The standard InChI is InChI=1S/C21H29N5O3/c1-4-16(12-8-9-13-27)22-20-23-18-17(19(28)25(3)21(29)24(18)2)26(20)14-15-10-6-5-7-11-15/h5-7,10-11,16,27H,4,8-9,12-14H2,1-3H3,(H,22,23). The lowest BCUT2D eigenvalue weighted by atomic mass is 10.1. The number of hydrogen-bond acceptors (Lipinski definition) is 5. The Morgan fingerprint density at radius 1 is 1.10 bits per heavy atom. The first-order valence-electron chi connectivity index (χ1n) is 10.1. The van der Waals surface area contributed by atoms with Crippen molar-refractivity contribution >= 4 is 17.1 Å². The summed E-state index contributed by atoms with van der Waals surface area (Å²) in [5.74, 6) is 0.581. The topological polar surface area (TPSA) is 94.1 Å². The van der Waals surface area contributed by atoms with E-state index in [1.807, 2.05) is 34.9 Å². The van der Waals surface area contributed by atoms with Crippen LogP contribution in [0, 0.1) is 0 Å². The molecule has 3 aromatic rings. The smallest absolute Gasteiger partial charge is 0.332 e. The van der Waals surface area contributed by atoms with Gasteiger partial charge in [0.25, 0.3) is 5.56 Å². The Morgan fingerprint density at radius 2 is 1.83 bits per heavy atom. The summed E-state index contributed by atoms with van der Waals surface area (Å²) >= 11 is 0. The van der Waals surface area contributed by atoms with Gasteiger partial charge in [-0.3, -0.25) is 18.5 Å². The number of benzene rings is 1. The maximum Gasteiger partial charge on any atom is 0.332 e. The van der Waals surface area contributed by atoms with Gasteiger partial charge in [-0.2, -0.15) is 4.98 Å². The number of rotatable bonds is 9. The summed E-state index contributed by atoms with van der Waals surface area (Å²) in [4.78, 5) is 29.9. The van der Waals surface area contributed by atoms with Crippen LogP contribution in [0.2, 0.25) is 0 Å². The van der Waals surface area contributed by atoms with Crippen LogP contribution in [0.5, 0.6) is 0 Å². The largest absolute Gasteiger partial charge is 0.396 e. The molecule has 2 heterocycles. The molecule has 156 valence electrons. The van der Waals surface area contributed by atoms with Crippen molar-refractivity contribution in [2.45, 2.75) is 45.2 Å². The first-order valence-corrected chi connectivity index (χ1v) is 10.1. The van der Waals surface area contributed by atoms with Crippen molar-refractivity contribution in [2.75, 3.05) is 11.9 Å². The monoisotopic (exact) mass is 399 g/mol. The van der Waals surface area contributed by atoms with E-state index >= 15 is 0 Å². The van der Waals surface area contributed by atoms with Gasteiger partial charge in [-0.15, -0.1) is 0 Å². The van der Waals surface area contributed by atoms with Gasteiger partial charge in [0, 0.05) is 26.7 Å². The van der Waals surface area contributed by atoms with E-state index in [0.717, 1.165) is 35.8 Å². The lowest BCUT2D eigenvalue weighted by Gasteiger charge is -2.18. The number of fused-ring (bicyclic) bond motifs is 1. The van der Waals surface area contributed by atoms with Crippen molar-refractivity contribution in [3.63, 3.8) is 0 Å². The molecule has 8 heteroatoms. The van der Waals surface area contributed by atoms with Crippen LogP contribution in [0.15, 0.2) is 39.9 Å². The van der Waals surface area contributed by atoms with Crippen LogP contribution in [0.3, 0.4) is 0 Å². The third kappa shape index (κ3) is 4.27. The summed E-state index contributed by atoms with van der Waals surface area (Å²) in [6.07, 6.45) is 3.44. The van der Waals surface area contributed by atoms with E-state index < -0.39 is 5.69 Å². The van der Waals surface area contributed by atoms with E-state index in [1.165, 1.54) is 11.6 Å². The molecular formula is C21H29N5O3. The number of nitrogens with one attached hydrogen (secondary N) is 1. The van der Waals surface area contributed by atoms with E-state index in [-0.39, 0.29) is 18.2 Å². The molecule has 0 aliphatic carbocycles. The molecule has 0 spiro atoms. The van der Waals surface area contributed by atoms with Crippen LogP contribution in [-0.2, 0) is 20.6 Å². The van der Waals surface area contributed by atoms with Crippen LogP contribution in [0.4, 0.5) is 5.95 Å². The molecule has 0 fully saturated rings. The highest BCUT2D eigenvalue weighted by molar-refractivity contribution is 5.74. The van der Waals surface area contributed by atoms with Crippen molar-refractivity contribution in [3.05, 3.63) is 56.7 Å². The Kier molecular flexibility index (Phi) is 6.53. The molecule has 0 saturated carbocycles. The van der Waals surface area contributed by atoms with Gasteiger partial charge >= 0.3 is 5.69 Å². The second kappa shape index (κ2) is 9.09. The molecule has 29 heavy (non-hydrogen) atoms. The molecule has 3 rings (SSSR count). The number of hydrogen-bond donors (Lipinski definition) is 2. The molecule has 0 radical (unpaired) electrons. The Hall–Kier alpha value is -2.87. The first-order chi connectivity index (χ1) is 14.0. The fourth-order valence-corrected chi connectivity index (χ4v) is 3.54. The quantitative estimate of drug-likeness (QED) is 0.536. The number of aliphatic hydroxyl groups is 1. The predicted octanol–water partition coefficient (Wildman–Crippen LogP) is 1.84. The number of unbranched alkanes of at least 4 members (excludes halogenated alkanes) is 1. The maximum atomic E-state index is 12.9. The van der Waals surface area contributed by atoms with Gasteiger partial charge in [0.05, 0.1) is 6.54 Å². The summed E-state index contributed by atoms with van der Waals surface area (Å²) in [5.41, 5.74) is 1.08. The van der Waals surface area contributed by atoms with Crippen molar-refractivity contribution in [3.8, 4) is 0 Å². The summed E-state index contributed by atoms with van der Waals surface area (Å²) in [6, 6.07) is 10.0. The molecule has 1 atom stereocenters. The highest BCUT2D eigenvalue weighted by atomic mass is 16.3. The Balaban J connectivity index is 2.11. The summed E-state index contributed by atoms with van der Waals surface area (Å²) in [5, 5.41) is 12.5. The average Bonchev–Trinajstić information content (AvgIpc) is 3.08. The van der Waals surface area contributed by atoms with E-state index in [9.17, 15) is 9.59 Å². The summed E-state index contributed by atoms with van der Waals surface area (Å²) in [6.45, 7) is 2.75. The molecule has 0 aliphatic rings. The van der Waals surface area contributed by atoms with Crippen LogP contribution in [0.25, 0.3) is 11.2 Å². The molecule has 8 nitrogen and oxygen atoms in total. The van der Waals surface area contributed by atoms with Crippen LogP contribution in [0.1, 0.15) is 38.2 Å². The van der Waals surface area contributed by atoms with E-state index in [4.69, 9.17) is 5.11 Å². The Bertz CT molecular complexity index is 1080. The minimum atomic E-state index is -0.395. The van der Waals surface area contributed by atoms with Gasteiger partial charge in [-0.05, 0) is 31.2 Å². The Labute approximate surface area is 169 Å². The number of aromatic nitrogens is 4. The van der Waals surface area contributed by atoms with Gasteiger partial charge in [0.1, 0.15) is 0 Å². The SMILES string of the molecule is CCC(CCCCO)Nc1nc2c(c(=O)n(C)c(=O)n2C)n1Cc1ccccc1. The lowest BCUT2D eigenvalue weighted by molar-refractivity contribution is 0.281. The predicted molar refractivity (Wildman–Crippen MR) is 114 cm³/mol. The third-order valence-electron chi connectivity index (χ3n) is 5.32. The average molecular weight is 399 g/mol. The van der Waals surface area contributed by atoms with Gasteiger partial charge in [0.15, 0.2) is 11.2 Å². The molecule has 0 aliphatic heterocycles. The van der Waals surface area contributed by atoms with Crippen molar-refractivity contribution in [2.24, 2.45) is 14.1 Å². The van der Waals surface area contributed by atoms with E-state index in [1.54, 1.807) is 7.05 Å². The molecule has 2 N–H and O–H groups in total. The number of aryl methyl sites for hydroxylation is 1. The van der Waals surface area contributed by atoms with Crippen LogP contribution in [-0.4, -0.2) is 36.4 Å². The molecule has 2 aromatic heterocycles. The molecule has 1 aromatic carbocycles. The Morgan fingerprint density at radius 3 is 2.48 bits per heavy atom. The highest BCUT2D eigenvalue weighted by Crippen LogP contribution is 2.20. The minimum Gasteiger partial charge on any atom is -0.396 e. The zero-order chi connectivity index (χ0) is 21.0.